The highest BCUT2D eigenvalue weighted by molar-refractivity contribution is 5.20. The molecule has 0 aliphatic heterocycles. The molecule has 1 aliphatic carbocycles. The molecule has 1 saturated carbocycles. The molecule has 2 rings (SSSR count). The number of nitrogens with two attached hydrogens (primary N) is 1. The molecule has 1 aromatic carbocycles. The molecule has 1 aromatic rings. The number of benzene rings is 1. The fraction of sp³-hybridized carbons (Fsp3) is 0.600. The molecule has 0 saturated heterocycles. The smallest absolute Gasteiger partial charge is 0.123 e. The summed E-state index contributed by atoms with van der Waals surface area (Å²) in [5, 5.41) is 0. The first-order chi connectivity index (χ1) is 8.63. The van der Waals surface area contributed by atoms with Crippen LogP contribution < -0.4 is 5.73 Å². The van der Waals surface area contributed by atoms with Gasteiger partial charge >= 0.3 is 0 Å². The van der Waals surface area contributed by atoms with Crippen molar-refractivity contribution in [3.63, 3.8) is 0 Å². The second-order valence-electron chi connectivity index (χ2n) is 5.39. The van der Waals surface area contributed by atoms with Crippen LogP contribution in [-0.4, -0.2) is 24.5 Å². The lowest BCUT2D eigenvalue weighted by Crippen LogP contribution is -2.39. The van der Waals surface area contributed by atoms with Crippen molar-refractivity contribution in [2.75, 3.05) is 13.6 Å². The van der Waals surface area contributed by atoms with Crippen LogP contribution in [0.25, 0.3) is 0 Å². The Bertz CT molecular complexity index is 394. The molecule has 0 heterocycles. The standard InChI is InChI=1S/C15H23FN2/c1-11(12-5-3-7-14(16)9-12)18(2)15-8-4-6-13(15)10-17/h3,5,7,9,11,13,15H,4,6,8,10,17H2,1-2H3. The molecular formula is C15H23FN2. The van der Waals surface area contributed by atoms with E-state index < -0.39 is 0 Å². The number of halogens is 1. The summed E-state index contributed by atoms with van der Waals surface area (Å²) < 4.78 is 13.3. The van der Waals surface area contributed by atoms with E-state index in [1.54, 1.807) is 12.1 Å². The van der Waals surface area contributed by atoms with E-state index >= 15 is 0 Å². The summed E-state index contributed by atoms with van der Waals surface area (Å²) in [7, 11) is 2.13. The second-order valence-corrected chi connectivity index (χ2v) is 5.39. The third kappa shape index (κ3) is 2.73. The summed E-state index contributed by atoms with van der Waals surface area (Å²) >= 11 is 0. The Morgan fingerprint density at radius 3 is 2.89 bits per heavy atom. The third-order valence-corrected chi connectivity index (χ3v) is 4.39. The lowest BCUT2D eigenvalue weighted by atomic mass is 9.99. The number of rotatable bonds is 4. The van der Waals surface area contributed by atoms with Crippen LogP contribution in [0.3, 0.4) is 0 Å². The second kappa shape index (κ2) is 5.81. The maximum Gasteiger partial charge on any atom is 0.123 e. The lowest BCUT2D eigenvalue weighted by molar-refractivity contribution is 0.152. The normalized spacial score (nSPS) is 25.6. The van der Waals surface area contributed by atoms with Gasteiger partial charge in [0.05, 0.1) is 0 Å². The van der Waals surface area contributed by atoms with Crippen molar-refractivity contribution in [1.82, 2.24) is 4.90 Å². The minimum absolute atomic E-state index is 0.158. The molecule has 0 amide bonds. The fourth-order valence-corrected chi connectivity index (χ4v) is 3.12. The molecule has 2 nitrogen and oxygen atoms in total. The van der Waals surface area contributed by atoms with Crippen molar-refractivity contribution >= 4 is 0 Å². The summed E-state index contributed by atoms with van der Waals surface area (Å²) in [6.45, 7) is 2.89. The molecule has 0 spiro atoms. The van der Waals surface area contributed by atoms with Gasteiger partial charge in [-0.05, 0) is 57.0 Å². The molecule has 0 bridgehead atoms. The Labute approximate surface area is 109 Å². The first-order valence-corrected chi connectivity index (χ1v) is 6.81. The summed E-state index contributed by atoms with van der Waals surface area (Å²) in [4.78, 5) is 2.36. The number of nitrogens with zero attached hydrogens (tertiary/aromatic N) is 1. The van der Waals surface area contributed by atoms with E-state index in [4.69, 9.17) is 5.73 Å². The van der Waals surface area contributed by atoms with Gasteiger partial charge in [-0.15, -0.1) is 0 Å². The average Bonchev–Trinajstić information content (AvgIpc) is 2.85. The van der Waals surface area contributed by atoms with Crippen LogP contribution in [0.2, 0.25) is 0 Å². The van der Waals surface area contributed by atoms with Crippen LogP contribution in [0, 0.1) is 11.7 Å². The maximum absolute atomic E-state index is 13.3. The van der Waals surface area contributed by atoms with E-state index in [1.807, 2.05) is 6.07 Å². The zero-order chi connectivity index (χ0) is 13.1. The van der Waals surface area contributed by atoms with Gasteiger partial charge < -0.3 is 5.73 Å². The van der Waals surface area contributed by atoms with Gasteiger partial charge in [0.25, 0.3) is 0 Å². The van der Waals surface area contributed by atoms with E-state index in [9.17, 15) is 4.39 Å². The Balaban J connectivity index is 2.10. The lowest BCUT2D eigenvalue weighted by Gasteiger charge is -2.34. The van der Waals surface area contributed by atoms with Crippen LogP contribution in [0.4, 0.5) is 4.39 Å². The Morgan fingerprint density at radius 1 is 1.44 bits per heavy atom. The topological polar surface area (TPSA) is 29.3 Å². The van der Waals surface area contributed by atoms with Gasteiger partial charge in [0.2, 0.25) is 0 Å². The molecule has 0 aromatic heterocycles. The molecule has 3 heteroatoms. The molecular weight excluding hydrogens is 227 g/mol. The van der Waals surface area contributed by atoms with Crippen molar-refractivity contribution < 1.29 is 4.39 Å². The predicted octanol–water partition coefficient (Wildman–Crippen LogP) is 2.95. The zero-order valence-corrected chi connectivity index (χ0v) is 11.3. The van der Waals surface area contributed by atoms with Crippen LogP contribution in [-0.2, 0) is 0 Å². The van der Waals surface area contributed by atoms with Gasteiger partial charge in [-0.1, -0.05) is 18.6 Å². The quantitative estimate of drug-likeness (QED) is 0.890. The summed E-state index contributed by atoms with van der Waals surface area (Å²) in [6, 6.07) is 7.68. The van der Waals surface area contributed by atoms with Gasteiger partial charge in [-0.3, -0.25) is 4.90 Å². The van der Waals surface area contributed by atoms with Crippen LogP contribution in [0.15, 0.2) is 24.3 Å². The van der Waals surface area contributed by atoms with Crippen LogP contribution in [0.1, 0.15) is 37.8 Å². The minimum atomic E-state index is -0.158. The summed E-state index contributed by atoms with van der Waals surface area (Å²) in [5.41, 5.74) is 6.88. The highest BCUT2D eigenvalue weighted by atomic mass is 19.1. The van der Waals surface area contributed by atoms with Gasteiger partial charge in [0.1, 0.15) is 5.82 Å². The molecule has 3 unspecified atom stereocenters. The maximum atomic E-state index is 13.3. The minimum Gasteiger partial charge on any atom is -0.330 e. The molecule has 1 fully saturated rings. The van der Waals surface area contributed by atoms with Gasteiger partial charge in [0, 0.05) is 12.1 Å². The first-order valence-electron chi connectivity index (χ1n) is 6.81. The van der Waals surface area contributed by atoms with Gasteiger partial charge in [-0.25, -0.2) is 4.39 Å². The van der Waals surface area contributed by atoms with Crippen molar-refractivity contribution in [2.45, 2.75) is 38.3 Å². The molecule has 1 aliphatic rings. The predicted molar refractivity (Wildman–Crippen MR) is 72.8 cm³/mol. The third-order valence-electron chi connectivity index (χ3n) is 4.39. The molecule has 0 radical (unpaired) electrons. The average molecular weight is 250 g/mol. The van der Waals surface area contributed by atoms with Gasteiger partial charge in [0.15, 0.2) is 0 Å². The van der Waals surface area contributed by atoms with E-state index in [1.165, 1.54) is 25.3 Å². The Hall–Kier alpha value is -0.930. The van der Waals surface area contributed by atoms with Crippen molar-refractivity contribution in [1.29, 1.82) is 0 Å². The van der Waals surface area contributed by atoms with E-state index in [-0.39, 0.29) is 11.9 Å². The van der Waals surface area contributed by atoms with E-state index in [0.717, 1.165) is 12.1 Å². The van der Waals surface area contributed by atoms with Gasteiger partial charge in [-0.2, -0.15) is 0 Å². The van der Waals surface area contributed by atoms with E-state index in [2.05, 4.69) is 18.9 Å². The molecule has 3 atom stereocenters. The van der Waals surface area contributed by atoms with Crippen molar-refractivity contribution in [3.8, 4) is 0 Å². The SMILES string of the molecule is CC(c1cccc(F)c1)N(C)C1CCCC1CN. The van der Waals surface area contributed by atoms with Crippen LogP contribution >= 0.6 is 0 Å². The summed E-state index contributed by atoms with van der Waals surface area (Å²) in [6.07, 6.45) is 3.69. The summed E-state index contributed by atoms with van der Waals surface area (Å²) in [5.74, 6) is 0.431. The van der Waals surface area contributed by atoms with Crippen LogP contribution in [0.5, 0.6) is 0 Å². The fourth-order valence-electron chi connectivity index (χ4n) is 3.12. The molecule has 18 heavy (non-hydrogen) atoms. The highest BCUT2D eigenvalue weighted by Crippen LogP contribution is 2.33. The van der Waals surface area contributed by atoms with E-state index in [0.29, 0.717) is 12.0 Å². The largest absolute Gasteiger partial charge is 0.330 e. The zero-order valence-electron chi connectivity index (χ0n) is 11.3. The molecule has 2 N–H and O–H groups in total. The monoisotopic (exact) mass is 250 g/mol. The molecule has 100 valence electrons. The number of hydrogen-bond donors (Lipinski definition) is 1. The van der Waals surface area contributed by atoms with Crippen molar-refractivity contribution in [2.24, 2.45) is 11.7 Å². The highest BCUT2D eigenvalue weighted by Gasteiger charge is 2.31. The Morgan fingerprint density at radius 2 is 2.22 bits per heavy atom. The Kier molecular flexibility index (Phi) is 4.36. The first kappa shape index (κ1) is 13.5. The number of hydrogen-bond acceptors (Lipinski definition) is 2. The van der Waals surface area contributed by atoms with Crippen molar-refractivity contribution in [3.05, 3.63) is 35.6 Å².